The molecule has 0 bridgehead atoms. The van der Waals surface area contributed by atoms with Gasteiger partial charge in [-0.1, -0.05) is 11.6 Å². The molecule has 7 heteroatoms. The summed E-state index contributed by atoms with van der Waals surface area (Å²) < 4.78 is 4.75. The van der Waals surface area contributed by atoms with Crippen molar-refractivity contribution in [1.29, 1.82) is 0 Å². The number of hydrogen-bond donors (Lipinski definition) is 1. The Morgan fingerprint density at radius 3 is 2.68 bits per heavy atom. The van der Waals surface area contributed by atoms with Crippen LogP contribution in [0.25, 0.3) is 10.2 Å². The first-order valence-electron chi connectivity index (χ1n) is 5.75. The minimum absolute atomic E-state index is 0.203. The van der Waals surface area contributed by atoms with Crippen molar-refractivity contribution in [1.82, 2.24) is 9.97 Å². The number of fused-ring (bicyclic) bond motifs is 1. The fraction of sp³-hybridized carbons (Fsp3) is 0.417. The minimum atomic E-state index is -0.380. The van der Waals surface area contributed by atoms with E-state index in [2.05, 4.69) is 15.3 Å². The van der Waals surface area contributed by atoms with E-state index in [4.69, 9.17) is 16.3 Å². The number of carbonyl (C=O) groups excluding carboxylic acids is 1. The average molecular weight is 300 g/mol. The second-order valence-corrected chi connectivity index (χ2v) is 5.72. The van der Waals surface area contributed by atoms with Gasteiger partial charge in [-0.15, -0.1) is 11.3 Å². The molecule has 0 fully saturated rings. The van der Waals surface area contributed by atoms with Gasteiger partial charge in [0.2, 0.25) is 5.95 Å². The molecule has 2 aromatic rings. The van der Waals surface area contributed by atoms with Gasteiger partial charge < -0.3 is 10.1 Å². The Morgan fingerprint density at radius 2 is 2.11 bits per heavy atom. The van der Waals surface area contributed by atoms with Crippen LogP contribution < -0.4 is 5.32 Å². The zero-order valence-electron chi connectivity index (χ0n) is 11.1. The summed E-state index contributed by atoms with van der Waals surface area (Å²) in [5.41, 5.74) is 0.757. The van der Waals surface area contributed by atoms with Gasteiger partial charge in [-0.05, 0) is 26.3 Å². The fourth-order valence-corrected chi connectivity index (χ4v) is 3.17. The number of nitrogens with zero attached hydrogens (tertiary/aromatic N) is 2. The predicted octanol–water partition coefficient (Wildman–Crippen LogP) is 3.26. The van der Waals surface area contributed by atoms with E-state index in [0.717, 1.165) is 5.56 Å². The number of methoxy groups -OCH3 is 1. The molecule has 2 rings (SSSR count). The second kappa shape index (κ2) is 5.30. The largest absolute Gasteiger partial charge is 0.465 e. The summed E-state index contributed by atoms with van der Waals surface area (Å²) in [7, 11) is 1.35. The monoisotopic (exact) mass is 299 g/mol. The van der Waals surface area contributed by atoms with Crippen LogP contribution in [0.2, 0.25) is 5.15 Å². The molecule has 0 saturated carbocycles. The van der Waals surface area contributed by atoms with Crippen LogP contribution in [-0.2, 0) is 4.74 Å². The number of hydrogen-bond acceptors (Lipinski definition) is 6. The molecule has 0 unspecified atom stereocenters. The normalized spacial score (nSPS) is 11.1. The molecule has 0 radical (unpaired) electrons. The van der Waals surface area contributed by atoms with Crippen LogP contribution in [0.5, 0.6) is 0 Å². The highest BCUT2D eigenvalue weighted by atomic mass is 35.5. The topological polar surface area (TPSA) is 64.1 Å². The van der Waals surface area contributed by atoms with Crippen LogP contribution in [0.3, 0.4) is 0 Å². The number of rotatable bonds is 3. The third kappa shape index (κ3) is 2.64. The minimum Gasteiger partial charge on any atom is -0.465 e. The molecule has 0 aliphatic carbocycles. The summed E-state index contributed by atoms with van der Waals surface area (Å²) >= 11 is 7.44. The lowest BCUT2D eigenvalue weighted by atomic mass is 10.2. The quantitative estimate of drug-likeness (QED) is 0.696. The van der Waals surface area contributed by atoms with E-state index in [1.807, 2.05) is 20.8 Å². The highest BCUT2D eigenvalue weighted by Gasteiger charge is 2.20. The number of halogens is 1. The maximum absolute atomic E-state index is 11.7. The molecule has 2 heterocycles. The van der Waals surface area contributed by atoms with Gasteiger partial charge in [-0.25, -0.2) is 14.8 Å². The molecule has 0 spiro atoms. The molecule has 5 nitrogen and oxygen atoms in total. The third-order valence-electron chi connectivity index (χ3n) is 2.53. The number of carbonyl (C=O) groups is 1. The maximum Gasteiger partial charge on any atom is 0.348 e. The van der Waals surface area contributed by atoms with Crippen molar-refractivity contribution in [2.75, 3.05) is 12.4 Å². The lowest BCUT2D eigenvalue weighted by Gasteiger charge is -2.08. The summed E-state index contributed by atoms with van der Waals surface area (Å²) in [5.74, 6) is 0.0834. The highest BCUT2D eigenvalue weighted by Crippen LogP contribution is 2.34. The van der Waals surface area contributed by atoms with Crippen molar-refractivity contribution in [3.63, 3.8) is 0 Å². The zero-order chi connectivity index (χ0) is 14.2. The Labute approximate surface area is 120 Å². The van der Waals surface area contributed by atoms with Gasteiger partial charge in [-0.2, -0.15) is 0 Å². The van der Waals surface area contributed by atoms with E-state index in [9.17, 15) is 4.79 Å². The first-order valence-corrected chi connectivity index (χ1v) is 6.95. The summed E-state index contributed by atoms with van der Waals surface area (Å²) in [5, 5.41) is 4.15. The van der Waals surface area contributed by atoms with E-state index < -0.39 is 0 Å². The predicted molar refractivity (Wildman–Crippen MR) is 77.3 cm³/mol. The Bertz CT molecular complexity index is 639. The average Bonchev–Trinajstić information content (AvgIpc) is 2.65. The summed E-state index contributed by atoms with van der Waals surface area (Å²) in [6, 6.07) is 0.203. The van der Waals surface area contributed by atoms with Crippen molar-refractivity contribution in [2.45, 2.75) is 26.8 Å². The van der Waals surface area contributed by atoms with Crippen molar-refractivity contribution in [3.8, 4) is 0 Å². The van der Waals surface area contributed by atoms with Gasteiger partial charge in [-0.3, -0.25) is 0 Å². The second-order valence-electron chi connectivity index (χ2n) is 4.36. The standard InChI is InChI=1S/C12H14ClN3O2S/c1-5(2)14-12-15-9(13)7-6(3)8(11(17)18-4)19-10(7)16-12/h5H,1-4H3,(H,14,15,16). The van der Waals surface area contributed by atoms with E-state index in [1.54, 1.807) is 0 Å². The van der Waals surface area contributed by atoms with E-state index >= 15 is 0 Å². The number of nitrogens with one attached hydrogen (secondary N) is 1. The molecule has 0 aliphatic heterocycles. The van der Waals surface area contributed by atoms with Gasteiger partial charge >= 0.3 is 5.97 Å². The fourth-order valence-electron chi connectivity index (χ4n) is 1.70. The van der Waals surface area contributed by atoms with Gasteiger partial charge in [0.15, 0.2) is 0 Å². The molecule has 0 atom stereocenters. The van der Waals surface area contributed by atoms with Crippen LogP contribution in [-0.4, -0.2) is 29.1 Å². The number of aromatic nitrogens is 2. The number of thiophene rings is 1. The first kappa shape index (κ1) is 14.0. The molecule has 2 aromatic heterocycles. The lowest BCUT2D eigenvalue weighted by Crippen LogP contribution is -2.12. The molecule has 19 heavy (non-hydrogen) atoms. The summed E-state index contributed by atoms with van der Waals surface area (Å²) in [4.78, 5) is 21.4. The van der Waals surface area contributed by atoms with Crippen molar-refractivity contribution >= 4 is 45.1 Å². The molecule has 0 aliphatic rings. The van der Waals surface area contributed by atoms with Gasteiger partial charge in [0.05, 0.1) is 12.5 Å². The number of anilines is 1. The Kier molecular flexibility index (Phi) is 3.91. The smallest absolute Gasteiger partial charge is 0.348 e. The SMILES string of the molecule is COC(=O)c1sc2nc(NC(C)C)nc(Cl)c2c1C. The zero-order valence-corrected chi connectivity index (χ0v) is 12.6. The van der Waals surface area contributed by atoms with Crippen LogP contribution in [0.1, 0.15) is 29.1 Å². The third-order valence-corrected chi connectivity index (χ3v) is 3.97. The highest BCUT2D eigenvalue weighted by molar-refractivity contribution is 7.20. The molecule has 0 amide bonds. The molecule has 0 saturated heterocycles. The maximum atomic E-state index is 11.7. The Hall–Kier alpha value is -1.40. The Balaban J connectivity index is 2.59. The van der Waals surface area contributed by atoms with Gasteiger partial charge in [0.25, 0.3) is 0 Å². The molecule has 102 valence electrons. The lowest BCUT2D eigenvalue weighted by molar-refractivity contribution is 0.0605. The summed E-state index contributed by atoms with van der Waals surface area (Å²) in [6.45, 7) is 5.79. The number of ether oxygens (including phenoxy) is 1. The van der Waals surface area contributed by atoms with Crippen molar-refractivity contribution in [3.05, 3.63) is 15.6 Å². The molecule has 0 aromatic carbocycles. The van der Waals surface area contributed by atoms with Gasteiger partial charge in [0, 0.05) is 6.04 Å². The number of esters is 1. The van der Waals surface area contributed by atoms with Crippen LogP contribution >= 0.6 is 22.9 Å². The Morgan fingerprint density at radius 1 is 1.42 bits per heavy atom. The van der Waals surface area contributed by atoms with E-state index in [0.29, 0.717) is 26.2 Å². The van der Waals surface area contributed by atoms with Crippen molar-refractivity contribution < 1.29 is 9.53 Å². The van der Waals surface area contributed by atoms with E-state index in [1.165, 1.54) is 18.4 Å². The van der Waals surface area contributed by atoms with Crippen LogP contribution in [0.15, 0.2) is 0 Å². The van der Waals surface area contributed by atoms with Crippen molar-refractivity contribution in [2.24, 2.45) is 0 Å². The molecular weight excluding hydrogens is 286 g/mol. The number of aryl methyl sites for hydroxylation is 1. The molecular formula is C12H14ClN3O2S. The van der Waals surface area contributed by atoms with E-state index in [-0.39, 0.29) is 12.0 Å². The summed E-state index contributed by atoms with van der Waals surface area (Å²) in [6.07, 6.45) is 0. The molecule has 1 N–H and O–H groups in total. The van der Waals surface area contributed by atoms with Crippen LogP contribution in [0.4, 0.5) is 5.95 Å². The van der Waals surface area contributed by atoms with Crippen LogP contribution in [0, 0.1) is 6.92 Å². The first-order chi connectivity index (χ1) is 8.93. The van der Waals surface area contributed by atoms with Gasteiger partial charge in [0.1, 0.15) is 14.9 Å².